The number of aryl methyl sites for hydroxylation is 2. The van der Waals surface area contributed by atoms with Gasteiger partial charge in [-0.05, 0) is 74.1 Å². The van der Waals surface area contributed by atoms with E-state index in [1.54, 1.807) is 7.11 Å². The van der Waals surface area contributed by atoms with Gasteiger partial charge in [-0.3, -0.25) is 4.79 Å². The Morgan fingerprint density at radius 3 is 2.21 bits per heavy atom. The Morgan fingerprint density at radius 2 is 1.66 bits per heavy atom. The zero-order chi connectivity index (χ0) is 20.9. The maximum Gasteiger partial charge on any atom is 0.235 e. The van der Waals surface area contributed by atoms with Crippen molar-refractivity contribution in [3.63, 3.8) is 0 Å². The lowest BCUT2D eigenvalue weighted by atomic mass is 9.68. The molecule has 1 aliphatic carbocycles. The summed E-state index contributed by atoms with van der Waals surface area (Å²) in [4.78, 5) is 13.6. The van der Waals surface area contributed by atoms with E-state index in [-0.39, 0.29) is 5.91 Å². The lowest BCUT2D eigenvalue weighted by Gasteiger charge is -2.36. The summed E-state index contributed by atoms with van der Waals surface area (Å²) < 4.78 is 11.2. The Labute approximate surface area is 174 Å². The topological polar surface area (TPSA) is 47.6 Å². The van der Waals surface area contributed by atoms with Crippen molar-refractivity contribution in [1.29, 1.82) is 0 Å². The first-order valence-corrected chi connectivity index (χ1v) is 10.7. The van der Waals surface area contributed by atoms with E-state index in [2.05, 4.69) is 12.2 Å². The van der Waals surface area contributed by atoms with Crippen LogP contribution in [0.5, 0.6) is 11.5 Å². The third-order valence-electron chi connectivity index (χ3n) is 5.95. The summed E-state index contributed by atoms with van der Waals surface area (Å²) in [6, 6.07) is 12.0. The summed E-state index contributed by atoms with van der Waals surface area (Å²) in [5.74, 6) is 1.82. The molecule has 0 atom stereocenters. The maximum atomic E-state index is 13.6. The number of amides is 1. The summed E-state index contributed by atoms with van der Waals surface area (Å²) in [6.07, 6.45) is 6.05. The van der Waals surface area contributed by atoms with Crippen molar-refractivity contribution in [2.45, 2.75) is 64.7 Å². The fourth-order valence-corrected chi connectivity index (χ4v) is 4.42. The molecule has 1 aliphatic rings. The number of methoxy groups -OCH3 is 1. The van der Waals surface area contributed by atoms with Crippen molar-refractivity contribution >= 4 is 11.6 Å². The molecular formula is C25H33NO3. The number of rotatable bonds is 7. The van der Waals surface area contributed by atoms with Crippen LogP contribution >= 0.6 is 0 Å². The molecule has 1 saturated carbocycles. The molecule has 0 spiro atoms. The first kappa shape index (κ1) is 21.2. The van der Waals surface area contributed by atoms with E-state index in [0.29, 0.717) is 6.61 Å². The van der Waals surface area contributed by atoms with Crippen molar-refractivity contribution in [3.05, 3.63) is 53.1 Å². The molecule has 0 unspecified atom stereocenters. The number of hydrogen-bond acceptors (Lipinski definition) is 3. The number of carbonyl (C=O) groups excluding carboxylic acids is 1. The maximum absolute atomic E-state index is 13.6. The van der Waals surface area contributed by atoms with Crippen LogP contribution in [0.25, 0.3) is 0 Å². The molecule has 0 saturated heterocycles. The largest absolute Gasteiger partial charge is 0.497 e. The molecule has 1 amide bonds. The second kappa shape index (κ2) is 9.34. The third-order valence-corrected chi connectivity index (χ3v) is 5.95. The summed E-state index contributed by atoms with van der Waals surface area (Å²) >= 11 is 0. The van der Waals surface area contributed by atoms with Crippen molar-refractivity contribution in [3.8, 4) is 11.5 Å². The highest BCUT2D eigenvalue weighted by atomic mass is 16.5. The minimum atomic E-state index is -0.482. The second-order valence-electron chi connectivity index (χ2n) is 8.11. The first-order valence-electron chi connectivity index (χ1n) is 10.7. The summed E-state index contributed by atoms with van der Waals surface area (Å²) in [6.45, 7) is 6.87. The van der Waals surface area contributed by atoms with Gasteiger partial charge >= 0.3 is 0 Å². The molecule has 1 fully saturated rings. The highest BCUT2D eigenvalue weighted by Gasteiger charge is 2.41. The molecule has 3 rings (SSSR count). The molecule has 0 aromatic heterocycles. The molecule has 2 aromatic carbocycles. The van der Waals surface area contributed by atoms with Crippen LogP contribution in [0.1, 0.15) is 62.1 Å². The molecule has 156 valence electrons. The fourth-order valence-electron chi connectivity index (χ4n) is 4.42. The van der Waals surface area contributed by atoms with Crippen molar-refractivity contribution < 1.29 is 14.3 Å². The van der Waals surface area contributed by atoms with Gasteiger partial charge in [-0.15, -0.1) is 0 Å². The smallest absolute Gasteiger partial charge is 0.235 e. The molecule has 1 N–H and O–H groups in total. The standard InChI is InChI=1S/C25H33NO3/c1-5-15-29-23-18(2)16-21(17-19(23)3)26-24(27)25(13-7-6-8-14-25)20-9-11-22(28-4)12-10-20/h9-12,16-17H,5-8,13-15H2,1-4H3,(H,26,27). The zero-order valence-electron chi connectivity index (χ0n) is 18.1. The number of anilines is 1. The van der Waals surface area contributed by atoms with Crippen molar-refractivity contribution in [1.82, 2.24) is 0 Å². The van der Waals surface area contributed by atoms with E-state index in [1.165, 1.54) is 6.42 Å². The van der Waals surface area contributed by atoms with Crippen LogP contribution in [0.4, 0.5) is 5.69 Å². The third kappa shape index (κ3) is 4.58. The summed E-state index contributed by atoms with van der Waals surface area (Å²) in [7, 11) is 1.66. The summed E-state index contributed by atoms with van der Waals surface area (Å²) in [5, 5.41) is 3.22. The van der Waals surface area contributed by atoms with Crippen molar-refractivity contribution in [2.75, 3.05) is 19.0 Å². The van der Waals surface area contributed by atoms with Crippen LogP contribution in [-0.4, -0.2) is 19.6 Å². The van der Waals surface area contributed by atoms with Gasteiger partial charge in [-0.2, -0.15) is 0 Å². The molecule has 0 aliphatic heterocycles. The highest BCUT2D eigenvalue weighted by molar-refractivity contribution is 5.99. The Hall–Kier alpha value is -2.49. The summed E-state index contributed by atoms with van der Waals surface area (Å²) in [5.41, 5.74) is 3.54. The first-order chi connectivity index (χ1) is 14.0. The van der Waals surface area contributed by atoms with Gasteiger partial charge in [0.2, 0.25) is 5.91 Å². The molecule has 29 heavy (non-hydrogen) atoms. The molecule has 0 radical (unpaired) electrons. The van der Waals surface area contributed by atoms with Crippen LogP contribution in [0.2, 0.25) is 0 Å². The SMILES string of the molecule is CCCOc1c(C)cc(NC(=O)C2(c3ccc(OC)cc3)CCCCC2)cc1C. The van der Waals surface area contributed by atoms with E-state index < -0.39 is 5.41 Å². The number of ether oxygens (including phenoxy) is 2. The van der Waals surface area contributed by atoms with E-state index in [4.69, 9.17) is 9.47 Å². The molecule has 2 aromatic rings. The van der Waals surface area contributed by atoms with Crippen LogP contribution in [-0.2, 0) is 10.2 Å². The quantitative estimate of drug-likeness (QED) is 0.631. The number of nitrogens with one attached hydrogen (secondary N) is 1. The average molecular weight is 396 g/mol. The predicted octanol–water partition coefficient (Wildman–Crippen LogP) is 5.94. The molecule has 4 nitrogen and oxygen atoms in total. The lowest BCUT2D eigenvalue weighted by molar-refractivity contribution is -0.122. The average Bonchev–Trinajstić information content (AvgIpc) is 2.73. The van der Waals surface area contributed by atoms with E-state index in [1.807, 2.05) is 50.2 Å². The number of hydrogen-bond donors (Lipinski definition) is 1. The normalized spacial score (nSPS) is 15.6. The predicted molar refractivity (Wildman–Crippen MR) is 118 cm³/mol. The van der Waals surface area contributed by atoms with Crippen molar-refractivity contribution in [2.24, 2.45) is 0 Å². The van der Waals surface area contributed by atoms with Crippen LogP contribution < -0.4 is 14.8 Å². The van der Waals surface area contributed by atoms with Crippen LogP contribution in [0.3, 0.4) is 0 Å². The Kier molecular flexibility index (Phi) is 6.83. The van der Waals surface area contributed by atoms with E-state index >= 15 is 0 Å². The van der Waals surface area contributed by atoms with E-state index in [0.717, 1.165) is 66.0 Å². The molecular weight excluding hydrogens is 362 g/mol. The van der Waals surface area contributed by atoms with Crippen LogP contribution in [0, 0.1) is 13.8 Å². The van der Waals surface area contributed by atoms with Gasteiger partial charge in [0.1, 0.15) is 11.5 Å². The Balaban J connectivity index is 1.87. The van der Waals surface area contributed by atoms with Gasteiger partial charge in [-0.25, -0.2) is 0 Å². The van der Waals surface area contributed by atoms with Crippen LogP contribution in [0.15, 0.2) is 36.4 Å². The lowest BCUT2D eigenvalue weighted by Crippen LogP contribution is -2.42. The zero-order valence-corrected chi connectivity index (χ0v) is 18.1. The highest BCUT2D eigenvalue weighted by Crippen LogP contribution is 2.41. The van der Waals surface area contributed by atoms with Gasteiger partial charge in [-0.1, -0.05) is 38.3 Å². The van der Waals surface area contributed by atoms with Gasteiger partial charge in [0.25, 0.3) is 0 Å². The van der Waals surface area contributed by atoms with Gasteiger partial charge < -0.3 is 14.8 Å². The monoisotopic (exact) mass is 395 g/mol. The number of carbonyl (C=O) groups is 1. The Morgan fingerprint density at radius 1 is 1.03 bits per heavy atom. The van der Waals surface area contributed by atoms with Gasteiger partial charge in [0.15, 0.2) is 0 Å². The van der Waals surface area contributed by atoms with E-state index in [9.17, 15) is 4.79 Å². The van der Waals surface area contributed by atoms with Gasteiger partial charge in [0.05, 0.1) is 19.1 Å². The second-order valence-corrected chi connectivity index (χ2v) is 8.11. The molecule has 4 heteroatoms. The number of benzene rings is 2. The molecule has 0 bridgehead atoms. The Bertz CT molecular complexity index is 813. The minimum Gasteiger partial charge on any atom is -0.497 e. The minimum absolute atomic E-state index is 0.0865. The molecule has 0 heterocycles. The van der Waals surface area contributed by atoms with Gasteiger partial charge in [0, 0.05) is 5.69 Å². The fraction of sp³-hybridized carbons (Fsp3) is 0.480.